The summed E-state index contributed by atoms with van der Waals surface area (Å²) in [7, 11) is 0. The highest BCUT2D eigenvalue weighted by molar-refractivity contribution is 7.99. The van der Waals surface area contributed by atoms with Crippen LogP contribution in [0.1, 0.15) is 22.5 Å². The third kappa shape index (κ3) is 3.21. The second-order valence-corrected chi connectivity index (χ2v) is 6.41. The normalized spacial score (nSPS) is 19.1. The molecule has 1 aliphatic rings. The molecule has 1 aromatic heterocycles. The van der Waals surface area contributed by atoms with E-state index >= 15 is 0 Å². The molecule has 3 aromatic rings. The van der Waals surface area contributed by atoms with Gasteiger partial charge in [0.05, 0.1) is 5.25 Å². The predicted molar refractivity (Wildman–Crippen MR) is 94.7 cm³/mol. The highest BCUT2D eigenvalue weighted by Crippen LogP contribution is 2.45. The minimum absolute atomic E-state index is 0. The Morgan fingerprint density at radius 3 is 2.04 bits per heavy atom. The molecular formula is C19H17ClNOS+. The van der Waals surface area contributed by atoms with Gasteiger partial charge in [-0.15, -0.1) is 12.4 Å². The van der Waals surface area contributed by atoms with Gasteiger partial charge in [-0.3, -0.25) is 4.84 Å². The van der Waals surface area contributed by atoms with Crippen LogP contribution in [0.2, 0.25) is 0 Å². The van der Waals surface area contributed by atoms with E-state index in [0.717, 1.165) is 5.03 Å². The standard InChI is InChI=1S/C19H16NOS.ClH/c1-3-9-15(10-4-1)18-19(16-11-5-2-6-12-16)22-17-13-7-8-14-20(17)21-18;/h1-14,18-19H;1H/q+1;. The van der Waals surface area contributed by atoms with Gasteiger partial charge in [0.2, 0.25) is 12.3 Å². The number of pyridine rings is 1. The Bertz CT molecular complexity index is 700. The molecule has 4 heteroatoms. The van der Waals surface area contributed by atoms with Gasteiger partial charge in [-0.2, -0.15) is 0 Å². The highest BCUT2D eigenvalue weighted by Gasteiger charge is 2.38. The summed E-state index contributed by atoms with van der Waals surface area (Å²) in [5, 5.41) is 1.37. The number of hydrogen-bond acceptors (Lipinski definition) is 2. The summed E-state index contributed by atoms with van der Waals surface area (Å²) in [5.74, 6) is 0. The first-order valence-corrected chi connectivity index (χ1v) is 8.24. The highest BCUT2D eigenvalue weighted by atomic mass is 35.5. The third-order valence-corrected chi connectivity index (χ3v) is 5.13. The summed E-state index contributed by atoms with van der Waals surface area (Å²) in [5.41, 5.74) is 2.49. The fourth-order valence-corrected chi connectivity index (χ4v) is 3.97. The van der Waals surface area contributed by atoms with Gasteiger partial charge in [0, 0.05) is 22.4 Å². The van der Waals surface area contributed by atoms with Crippen molar-refractivity contribution in [2.24, 2.45) is 0 Å². The molecule has 2 aromatic carbocycles. The van der Waals surface area contributed by atoms with Crippen LogP contribution in [-0.4, -0.2) is 0 Å². The average molecular weight is 343 g/mol. The number of halogens is 1. The molecule has 23 heavy (non-hydrogen) atoms. The number of rotatable bonds is 2. The van der Waals surface area contributed by atoms with Crippen molar-refractivity contribution in [3.8, 4) is 0 Å². The van der Waals surface area contributed by atoms with Gasteiger partial charge < -0.3 is 0 Å². The molecule has 1 aliphatic heterocycles. The molecule has 4 rings (SSSR count). The number of fused-ring (bicyclic) bond motifs is 1. The van der Waals surface area contributed by atoms with Crippen LogP contribution in [-0.2, 0) is 0 Å². The van der Waals surface area contributed by atoms with Crippen LogP contribution < -0.4 is 9.57 Å². The van der Waals surface area contributed by atoms with Crippen LogP contribution in [0.4, 0.5) is 0 Å². The van der Waals surface area contributed by atoms with E-state index in [2.05, 4.69) is 60.7 Å². The van der Waals surface area contributed by atoms with Gasteiger partial charge in [0.15, 0.2) is 0 Å². The average Bonchev–Trinajstić information content (AvgIpc) is 2.62. The van der Waals surface area contributed by atoms with E-state index in [9.17, 15) is 0 Å². The van der Waals surface area contributed by atoms with Gasteiger partial charge >= 0.3 is 0 Å². The molecule has 0 saturated carbocycles. The minimum Gasteiger partial charge on any atom is -0.261 e. The Morgan fingerprint density at radius 1 is 0.739 bits per heavy atom. The van der Waals surface area contributed by atoms with Gasteiger partial charge in [-0.1, -0.05) is 60.7 Å². The van der Waals surface area contributed by atoms with Crippen molar-refractivity contribution in [2.75, 3.05) is 0 Å². The Labute approximate surface area is 146 Å². The summed E-state index contributed by atoms with van der Waals surface area (Å²) in [6.07, 6.45) is 1.97. The molecule has 0 bridgehead atoms. The van der Waals surface area contributed by atoms with Crippen molar-refractivity contribution >= 4 is 24.2 Å². The first-order chi connectivity index (χ1) is 10.9. The third-order valence-electron chi connectivity index (χ3n) is 3.79. The molecule has 0 fully saturated rings. The van der Waals surface area contributed by atoms with Crippen LogP contribution >= 0.6 is 24.2 Å². The Balaban J connectivity index is 0.00000156. The first kappa shape index (κ1) is 15.9. The molecule has 2 unspecified atom stereocenters. The van der Waals surface area contributed by atoms with Crippen LogP contribution in [0.25, 0.3) is 0 Å². The molecule has 0 aliphatic carbocycles. The van der Waals surface area contributed by atoms with Crippen molar-refractivity contribution in [1.82, 2.24) is 0 Å². The second-order valence-electron chi connectivity index (χ2n) is 5.25. The van der Waals surface area contributed by atoms with E-state index in [4.69, 9.17) is 4.84 Å². The van der Waals surface area contributed by atoms with Crippen molar-refractivity contribution in [1.29, 1.82) is 0 Å². The minimum atomic E-state index is -0.00602. The van der Waals surface area contributed by atoms with Crippen molar-refractivity contribution < 1.29 is 9.57 Å². The summed E-state index contributed by atoms with van der Waals surface area (Å²) >= 11 is 1.85. The number of nitrogens with zero attached hydrogens (tertiary/aromatic N) is 1. The zero-order chi connectivity index (χ0) is 14.8. The van der Waals surface area contributed by atoms with Crippen LogP contribution in [0, 0.1) is 0 Å². The smallest absolute Gasteiger partial charge is 0.261 e. The molecule has 2 atom stereocenters. The number of thioether (sulfide) groups is 1. The van der Waals surface area contributed by atoms with Crippen molar-refractivity contribution in [3.05, 3.63) is 96.2 Å². The lowest BCUT2D eigenvalue weighted by atomic mass is 10.0. The molecule has 0 radical (unpaired) electrons. The van der Waals surface area contributed by atoms with Crippen LogP contribution in [0.15, 0.2) is 90.1 Å². The van der Waals surface area contributed by atoms with Crippen molar-refractivity contribution in [3.63, 3.8) is 0 Å². The van der Waals surface area contributed by atoms with E-state index in [-0.39, 0.29) is 23.8 Å². The lowest BCUT2D eigenvalue weighted by Crippen LogP contribution is -2.50. The zero-order valence-electron chi connectivity index (χ0n) is 12.4. The molecule has 0 N–H and O–H groups in total. The molecule has 0 amide bonds. The summed E-state index contributed by atoms with van der Waals surface area (Å²) < 4.78 is 1.88. The molecule has 2 nitrogen and oxygen atoms in total. The number of benzene rings is 2. The van der Waals surface area contributed by atoms with E-state index < -0.39 is 0 Å². The van der Waals surface area contributed by atoms with E-state index in [1.165, 1.54) is 11.1 Å². The number of hydrogen-bond donors (Lipinski definition) is 0. The Hall–Kier alpha value is -1.97. The lowest BCUT2D eigenvalue weighted by molar-refractivity contribution is -0.930. The summed E-state index contributed by atoms with van der Waals surface area (Å²) in [4.78, 5) is 6.28. The molecule has 0 spiro atoms. The van der Waals surface area contributed by atoms with Gasteiger partial charge in [0.1, 0.15) is 0 Å². The van der Waals surface area contributed by atoms with Crippen LogP contribution in [0.5, 0.6) is 0 Å². The summed E-state index contributed by atoms with van der Waals surface area (Å²) in [6, 6.07) is 27.2. The topological polar surface area (TPSA) is 13.1 Å². The molecular weight excluding hydrogens is 326 g/mol. The fraction of sp³-hybridized carbons (Fsp3) is 0.105. The predicted octanol–water partition coefficient (Wildman–Crippen LogP) is 4.41. The van der Waals surface area contributed by atoms with Gasteiger partial charge in [-0.25, -0.2) is 0 Å². The van der Waals surface area contributed by atoms with E-state index in [1.54, 1.807) is 0 Å². The van der Waals surface area contributed by atoms with Crippen molar-refractivity contribution in [2.45, 2.75) is 16.4 Å². The summed E-state index contributed by atoms with van der Waals surface area (Å²) in [6.45, 7) is 0. The largest absolute Gasteiger partial charge is 0.291 e. The van der Waals surface area contributed by atoms with Gasteiger partial charge in [-0.05, 0) is 23.4 Å². The monoisotopic (exact) mass is 342 g/mol. The lowest BCUT2D eigenvalue weighted by Gasteiger charge is -2.27. The van der Waals surface area contributed by atoms with E-state index in [0.29, 0.717) is 0 Å². The second kappa shape index (κ2) is 7.07. The number of aromatic nitrogens is 1. The molecule has 116 valence electrons. The zero-order valence-corrected chi connectivity index (χ0v) is 14.0. The van der Waals surface area contributed by atoms with Crippen LogP contribution in [0.3, 0.4) is 0 Å². The maximum absolute atomic E-state index is 6.28. The maximum Gasteiger partial charge on any atom is 0.291 e. The van der Waals surface area contributed by atoms with E-state index in [1.807, 2.05) is 40.9 Å². The molecule has 0 saturated heterocycles. The fourth-order valence-electron chi connectivity index (χ4n) is 2.72. The maximum atomic E-state index is 6.28. The van der Waals surface area contributed by atoms with Gasteiger partial charge in [0.25, 0.3) is 5.03 Å². The first-order valence-electron chi connectivity index (χ1n) is 7.36. The quantitative estimate of drug-likeness (QED) is 0.640. The Kier molecular flexibility index (Phi) is 4.89. The SMILES string of the molecule is Cl.c1ccc(C2O[n+]3ccccc3SC2c2ccccc2)cc1. The Morgan fingerprint density at radius 2 is 1.35 bits per heavy atom. The molecule has 2 heterocycles.